The van der Waals surface area contributed by atoms with Gasteiger partial charge in [0.2, 0.25) is 5.91 Å². The molecule has 0 bridgehead atoms. The maximum absolute atomic E-state index is 11.9. The second-order valence-corrected chi connectivity index (χ2v) is 6.25. The van der Waals surface area contributed by atoms with Crippen molar-refractivity contribution in [3.63, 3.8) is 0 Å². The first-order valence-corrected chi connectivity index (χ1v) is 12.7. The van der Waals surface area contributed by atoms with Crippen molar-refractivity contribution < 1.29 is 9.53 Å². The number of rotatable bonds is 5. The van der Waals surface area contributed by atoms with Crippen LogP contribution in [0.15, 0.2) is 49.6 Å². The highest BCUT2D eigenvalue weighted by molar-refractivity contribution is 8.00. The van der Waals surface area contributed by atoms with Gasteiger partial charge in [0.25, 0.3) is 0 Å². The number of anilines is 1. The molecule has 1 amide bonds. The van der Waals surface area contributed by atoms with Crippen LogP contribution in [0.5, 0.6) is 11.5 Å². The molecular weight excluding hydrogens is 426 g/mol. The van der Waals surface area contributed by atoms with Crippen LogP contribution >= 0.6 is 11.9 Å². The van der Waals surface area contributed by atoms with Gasteiger partial charge in [-0.1, -0.05) is 66.7 Å². The number of benzene rings is 2. The van der Waals surface area contributed by atoms with E-state index in [4.69, 9.17) is 4.74 Å². The van der Waals surface area contributed by atoms with E-state index in [1.54, 1.807) is 11.2 Å². The van der Waals surface area contributed by atoms with Crippen molar-refractivity contribution in [3.05, 3.63) is 66.2 Å². The number of aryl methyl sites for hydroxylation is 3. The van der Waals surface area contributed by atoms with E-state index < -0.39 is 0 Å². The molecule has 0 aliphatic heterocycles. The van der Waals surface area contributed by atoms with Gasteiger partial charge in [0.15, 0.2) is 5.75 Å². The highest BCUT2D eigenvalue weighted by Gasteiger charge is 2.17. The molecule has 0 saturated carbocycles. The quantitative estimate of drug-likeness (QED) is 0.246. The van der Waals surface area contributed by atoms with Gasteiger partial charge < -0.3 is 4.74 Å². The smallest absolute Gasteiger partial charge is 0.234 e. The Kier molecular flexibility index (Phi) is 29.2. The van der Waals surface area contributed by atoms with Crippen molar-refractivity contribution in [1.82, 2.24) is 0 Å². The van der Waals surface area contributed by atoms with E-state index in [0.717, 1.165) is 29.0 Å². The largest absolute Gasteiger partial charge is 0.455 e. The van der Waals surface area contributed by atoms with Crippen LogP contribution in [-0.2, 0) is 11.2 Å². The van der Waals surface area contributed by atoms with Crippen molar-refractivity contribution in [2.45, 2.75) is 75.7 Å². The van der Waals surface area contributed by atoms with E-state index in [1.807, 2.05) is 79.8 Å². The zero-order valence-electron chi connectivity index (χ0n) is 22.9. The summed E-state index contributed by atoms with van der Waals surface area (Å²) in [5.74, 6) is 1.50. The van der Waals surface area contributed by atoms with E-state index >= 15 is 0 Å². The van der Waals surface area contributed by atoms with Crippen LogP contribution in [0.2, 0.25) is 0 Å². The minimum atomic E-state index is -0.0213. The Bertz CT molecular complexity index is 769. The van der Waals surface area contributed by atoms with Crippen molar-refractivity contribution in [2.75, 3.05) is 10.6 Å². The summed E-state index contributed by atoms with van der Waals surface area (Å²) < 4.78 is 7.82. The normalized spacial score (nSPS) is 8.03. The minimum absolute atomic E-state index is 0.0213. The van der Waals surface area contributed by atoms with Crippen molar-refractivity contribution >= 4 is 23.5 Å². The molecule has 33 heavy (non-hydrogen) atoms. The zero-order chi connectivity index (χ0) is 27.0. The minimum Gasteiger partial charge on any atom is -0.455 e. The summed E-state index contributed by atoms with van der Waals surface area (Å²) in [6.45, 7) is 25.7. The number of terminal acetylenes is 1. The van der Waals surface area contributed by atoms with E-state index in [1.165, 1.54) is 17.5 Å². The third-order valence-electron chi connectivity index (χ3n) is 3.68. The van der Waals surface area contributed by atoms with Crippen LogP contribution in [0.1, 0.15) is 72.1 Å². The fourth-order valence-corrected chi connectivity index (χ4v) is 2.96. The van der Waals surface area contributed by atoms with E-state index in [0.29, 0.717) is 5.75 Å². The fraction of sp³-hybridized carbons (Fsp3) is 0.414. The molecule has 2 aromatic rings. The monoisotopic (exact) mass is 473 g/mol. The number of amides is 1. The van der Waals surface area contributed by atoms with Crippen molar-refractivity contribution in [2.24, 2.45) is 0 Å². The summed E-state index contributed by atoms with van der Waals surface area (Å²) in [5.41, 5.74) is 4.18. The van der Waals surface area contributed by atoms with Gasteiger partial charge in [-0.05, 0) is 67.1 Å². The molecule has 0 aromatic heterocycles. The molecule has 0 saturated heterocycles. The Labute approximate surface area is 209 Å². The number of nitrogens with zero attached hydrogens (tertiary/aromatic N) is 1. The maximum atomic E-state index is 11.9. The van der Waals surface area contributed by atoms with Crippen LogP contribution < -0.4 is 9.04 Å². The summed E-state index contributed by atoms with van der Waals surface area (Å²) in [7, 11) is 0. The molecule has 0 radical (unpaired) electrons. The average molecular weight is 474 g/mol. The molecule has 0 fully saturated rings. The van der Waals surface area contributed by atoms with E-state index in [9.17, 15) is 4.79 Å². The Balaban J connectivity index is -0.000000371. The molecular formula is C29H47NO2S. The number of hydrogen-bond donors (Lipinski definition) is 0. The lowest BCUT2D eigenvalue weighted by atomic mass is 10.1. The number of ether oxygens (including phenoxy) is 1. The lowest BCUT2D eigenvalue weighted by Crippen LogP contribution is -2.20. The maximum Gasteiger partial charge on any atom is 0.234 e. The van der Waals surface area contributed by atoms with Crippen LogP contribution in [0.4, 0.5) is 5.69 Å². The second-order valence-electron chi connectivity index (χ2n) is 5.52. The predicted octanol–water partition coefficient (Wildman–Crippen LogP) is 9.42. The summed E-state index contributed by atoms with van der Waals surface area (Å²) in [6.07, 6.45) is 10.8. The molecule has 0 unspecified atom stereocenters. The molecule has 0 atom stereocenters. The topological polar surface area (TPSA) is 29.5 Å². The molecule has 3 nitrogen and oxygen atoms in total. The lowest BCUT2D eigenvalue weighted by Gasteiger charge is -2.22. The third kappa shape index (κ3) is 14.2. The Morgan fingerprint density at radius 1 is 0.939 bits per heavy atom. The Hall–Kier alpha value is -2.64. The van der Waals surface area contributed by atoms with Crippen LogP contribution in [0.3, 0.4) is 0 Å². The summed E-state index contributed by atoms with van der Waals surface area (Å²) in [5, 5.41) is 0. The highest BCUT2D eigenvalue weighted by Crippen LogP contribution is 2.37. The molecule has 2 aromatic carbocycles. The van der Waals surface area contributed by atoms with Gasteiger partial charge in [0.1, 0.15) is 5.75 Å². The fourth-order valence-electron chi connectivity index (χ4n) is 2.36. The van der Waals surface area contributed by atoms with Gasteiger partial charge in [0, 0.05) is 13.2 Å². The summed E-state index contributed by atoms with van der Waals surface area (Å²) in [6, 6.07) is 12.1. The first-order valence-electron chi connectivity index (χ1n) is 11.5. The summed E-state index contributed by atoms with van der Waals surface area (Å²) >= 11 is 1.38. The molecule has 186 valence electrons. The Morgan fingerprint density at radius 2 is 1.45 bits per heavy atom. The standard InChI is InChI=1S/C19H23NO2S.3C2H6.C2H4.C2H2/c1-6-16-9-8-14(3)19(12-16)22-18-10-7-13(2)11-17(18)20(23-5)15(4)21;5*1-2/h7-12H,6H2,1-5H3;3*1-2H3;1-2H2;1-2H. The Morgan fingerprint density at radius 3 is 1.88 bits per heavy atom. The molecule has 0 spiro atoms. The first-order chi connectivity index (χ1) is 16.0. The first kappa shape index (κ1) is 37.7. The molecule has 0 aliphatic rings. The third-order valence-corrected chi connectivity index (χ3v) is 4.50. The van der Waals surface area contributed by atoms with Gasteiger partial charge in [-0.2, -0.15) is 0 Å². The highest BCUT2D eigenvalue weighted by atomic mass is 32.2. The molecule has 4 heteroatoms. The SMILES string of the molecule is C#C.C=C.CC.CC.CC.CCc1ccc(C)c(Oc2ccc(C)cc2N(SC)C(C)=O)c1. The number of carbonyl (C=O) groups excluding carboxylic acids is 1. The molecule has 0 N–H and O–H groups in total. The van der Waals surface area contributed by atoms with E-state index in [2.05, 4.69) is 51.1 Å². The molecule has 2 rings (SSSR count). The van der Waals surface area contributed by atoms with Gasteiger partial charge in [-0.25, -0.2) is 0 Å². The van der Waals surface area contributed by atoms with Gasteiger partial charge >= 0.3 is 0 Å². The van der Waals surface area contributed by atoms with Gasteiger partial charge in [-0.3, -0.25) is 9.10 Å². The van der Waals surface area contributed by atoms with Gasteiger partial charge in [0.05, 0.1) is 5.69 Å². The number of hydrogen-bond acceptors (Lipinski definition) is 3. The van der Waals surface area contributed by atoms with Crippen LogP contribution in [-0.4, -0.2) is 12.2 Å². The van der Waals surface area contributed by atoms with Crippen LogP contribution in [0.25, 0.3) is 0 Å². The zero-order valence-corrected chi connectivity index (χ0v) is 23.7. The number of carbonyl (C=O) groups is 1. The van der Waals surface area contributed by atoms with Crippen molar-refractivity contribution in [3.8, 4) is 24.3 Å². The van der Waals surface area contributed by atoms with E-state index in [-0.39, 0.29) is 5.91 Å². The summed E-state index contributed by atoms with van der Waals surface area (Å²) in [4.78, 5) is 11.9. The lowest BCUT2D eigenvalue weighted by molar-refractivity contribution is -0.115. The van der Waals surface area contributed by atoms with Crippen molar-refractivity contribution in [1.29, 1.82) is 0 Å². The molecule has 0 heterocycles. The predicted molar refractivity (Wildman–Crippen MR) is 154 cm³/mol. The van der Waals surface area contributed by atoms with Crippen LogP contribution in [0, 0.1) is 26.7 Å². The van der Waals surface area contributed by atoms with Gasteiger partial charge in [-0.15, -0.1) is 26.0 Å². The average Bonchev–Trinajstić information content (AvgIpc) is 2.88. The molecule has 0 aliphatic carbocycles. The second kappa shape index (κ2) is 25.6.